The number of methoxy groups -OCH3 is 1. The van der Waals surface area contributed by atoms with Gasteiger partial charge in [0.1, 0.15) is 11.6 Å². The van der Waals surface area contributed by atoms with Crippen LogP contribution in [0.15, 0.2) is 16.9 Å². The van der Waals surface area contributed by atoms with Crippen molar-refractivity contribution in [1.29, 1.82) is 0 Å². The van der Waals surface area contributed by atoms with Crippen molar-refractivity contribution < 1.29 is 4.74 Å². The largest absolute Gasteiger partial charge is 0.495 e. The zero-order chi connectivity index (χ0) is 14.3. The molecule has 20 heavy (non-hydrogen) atoms. The highest BCUT2D eigenvalue weighted by Gasteiger charge is 2.20. The molecule has 0 saturated heterocycles. The van der Waals surface area contributed by atoms with Gasteiger partial charge in [0.2, 0.25) is 0 Å². The Balaban J connectivity index is 2.19. The second kappa shape index (κ2) is 5.14. The maximum absolute atomic E-state index is 12.4. The number of ether oxygens (including phenoxy) is 1. The summed E-state index contributed by atoms with van der Waals surface area (Å²) in [6.07, 6.45) is 2.86. The third-order valence-corrected chi connectivity index (χ3v) is 4.02. The van der Waals surface area contributed by atoms with E-state index in [0.717, 1.165) is 25.1 Å². The molecule has 106 valence electrons. The molecular weight excluding hydrogens is 301 g/mol. The lowest BCUT2D eigenvalue weighted by atomic mass is 10.2. The van der Waals surface area contributed by atoms with E-state index in [2.05, 4.69) is 5.10 Å². The number of aromatic nitrogens is 3. The van der Waals surface area contributed by atoms with E-state index >= 15 is 0 Å². The maximum Gasteiger partial charge on any atom is 0.350 e. The van der Waals surface area contributed by atoms with E-state index in [1.807, 2.05) is 0 Å². The molecule has 1 aliphatic heterocycles. The van der Waals surface area contributed by atoms with Crippen molar-refractivity contribution >= 4 is 23.2 Å². The van der Waals surface area contributed by atoms with Crippen LogP contribution in [0.1, 0.15) is 18.7 Å². The molecule has 1 aliphatic rings. The van der Waals surface area contributed by atoms with Gasteiger partial charge in [-0.25, -0.2) is 4.79 Å². The molecule has 0 aliphatic carbocycles. The fourth-order valence-corrected chi connectivity index (χ4v) is 2.93. The Morgan fingerprint density at radius 1 is 1.25 bits per heavy atom. The van der Waals surface area contributed by atoms with Crippen LogP contribution in [-0.4, -0.2) is 21.5 Å². The number of halogens is 2. The van der Waals surface area contributed by atoms with Gasteiger partial charge in [-0.1, -0.05) is 23.2 Å². The highest BCUT2D eigenvalue weighted by atomic mass is 35.5. The van der Waals surface area contributed by atoms with Crippen LogP contribution in [0.5, 0.6) is 5.75 Å². The number of hydrogen-bond acceptors (Lipinski definition) is 3. The van der Waals surface area contributed by atoms with Crippen LogP contribution in [0.2, 0.25) is 10.0 Å². The molecule has 0 spiro atoms. The molecule has 1 aromatic heterocycles. The summed E-state index contributed by atoms with van der Waals surface area (Å²) in [5.41, 5.74) is 0.311. The van der Waals surface area contributed by atoms with E-state index in [1.165, 1.54) is 11.8 Å². The summed E-state index contributed by atoms with van der Waals surface area (Å²) in [5.74, 6) is 1.26. The molecular formula is C13H13Cl2N3O2. The average molecular weight is 314 g/mol. The molecule has 5 nitrogen and oxygen atoms in total. The first-order chi connectivity index (χ1) is 9.61. The predicted octanol–water partition coefficient (Wildman–Crippen LogP) is 2.69. The fourth-order valence-electron chi connectivity index (χ4n) is 2.39. The van der Waals surface area contributed by atoms with Gasteiger partial charge >= 0.3 is 5.69 Å². The van der Waals surface area contributed by atoms with Gasteiger partial charge < -0.3 is 4.74 Å². The van der Waals surface area contributed by atoms with Gasteiger partial charge in [0.15, 0.2) is 0 Å². The summed E-state index contributed by atoms with van der Waals surface area (Å²) < 4.78 is 8.18. The molecule has 0 saturated carbocycles. The summed E-state index contributed by atoms with van der Waals surface area (Å²) in [6, 6.07) is 3.19. The third kappa shape index (κ3) is 2.11. The first-order valence-electron chi connectivity index (χ1n) is 6.34. The second-order valence-electron chi connectivity index (χ2n) is 4.66. The van der Waals surface area contributed by atoms with Crippen LogP contribution in [0.3, 0.4) is 0 Å². The summed E-state index contributed by atoms with van der Waals surface area (Å²) >= 11 is 12.2. The van der Waals surface area contributed by atoms with E-state index in [1.54, 1.807) is 16.7 Å². The lowest BCUT2D eigenvalue weighted by molar-refractivity contribution is 0.414. The molecule has 0 bridgehead atoms. The number of hydrogen-bond donors (Lipinski definition) is 0. The van der Waals surface area contributed by atoms with Crippen molar-refractivity contribution in [2.24, 2.45) is 0 Å². The van der Waals surface area contributed by atoms with Crippen LogP contribution in [-0.2, 0) is 13.0 Å². The van der Waals surface area contributed by atoms with Crippen molar-refractivity contribution in [3.8, 4) is 11.4 Å². The zero-order valence-electron chi connectivity index (χ0n) is 10.9. The number of fused-ring (bicyclic) bond motifs is 1. The normalized spacial score (nSPS) is 14.2. The average Bonchev–Trinajstić information content (AvgIpc) is 2.77. The first-order valence-corrected chi connectivity index (χ1v) is 7.09. The summed E-state index contributed by atoms with van der Waals surface area (Å²) in [6.45, 7) is 0.705. The first kappa shape index (κ1) is 13.5. The monoisotopic (exact) mass is 313 g/mol. The van der Waals surface area contributed by atoms with Crippen molar-refractivity contribution in [3.63, 3.8) is 0 Å². The zero-order valence-corrected chi connectivity index (χ0v) is 12.4. The van der Waals surface area contributed by atoms with E-state index < -0.39 is 0 Å². The van der Waals surface area contributed by atoms with Crippen molar-refractivity contribution in [2.75, 3.05) is 7.11 Å². The Hall–Kier alpha value is -1.46. The number of nitrogens with zero attached hydrogens (tertiary/aromatic N) is 3. The Morgan fingerprint density at radius 2 is 2.05 bits per heavy atom. The van der Waals surface area contributed by atoms with Gasteiger partial charge in [-0.05, 0) is 18.9 Å². The van der Waals surface area contributed by atoms with Gasteiger partial charge in [-0.3, -0.25) is 4.57 Å². The molecule has 0 atom stereocenters. The molecule has 0 N–H and O–H groups in total. The van der Waals surface area contributed by atoms with E-state index in [-0.39, 0.29) is 5.69 Å². The highest BCUT2D eigenvalue weighted by molar-refractivity contribution is 6.36. The summed E-state index contributed by atoms with van der Waals surface area (Å²) in [4.78, 5) is 12.4. The van der Waals surface area contributed by atoms with Gasteiger partial charge in [-0.15, -0.1) is 5.10 Å². The van der Waals surface area contributed by atoms with Crippen LogP contribution >= 0.6 is 23.2 Å². The molecule has 0 fully saturated rings. The maximum atomic E-state index is 12.4. The molecule has 7 heteroatoms. The van der Waals surface area contributed by atoms with Crippen LogP contribution in [0.4, 0.5) is 0 Å². The lowest BCUT2D eigenvalue weighted by Gasteiger charge is -2.09. The predicted molar refractivity (Wildman–Crippen MR) is 77.3 cm³/mol. The van der Waals surface area contributed by atoms with E-state index in [4.69, 9.17) is 27.9 Å². The Labute approximate surface area is 125 Å². The molecule has 2 aromatic rings. The number of benzene rings is 1. The van der Waals surface area contributed by atoms with Crippen molar-refractivity contribution in [1.82, 2.24) is 14.3 Å². The number of aryl methyl sites for hydroxylation is 1. The van der Waals surface area contributed by atoms with Crippen LogP contribution in [0, 0.1) is 0 Å². The van der Waals surface area contributed by atoms with Crippen molar-refractivity contribution in [2.45, 2.75) is 25.8 Å². The van der Waals surface area contributed by atoms with Gasteiger partial charge in [0.05, 0.1) is 22.8 Å². The van der Waals surface area contributed by atoms with Crippen molar-refractivity contribution in [3.05, 3.63) is 38.5 Å². The van der Waals surface area contributed by atoms with Gasteiger partial charge in [-0.2, -0.15) is 4.68 Å². The smallest absolute Gasteiger partial charge is 0.350 e. The lowest BCUT2D eigenvalue weighted by Crippen LogP contribution is -2.26. The van der Waals surface area contributed by atoms with Gasteiger partial charge in [0, 0.05) is 19.0 Å². The topological polar surface area (TPSA) is 49.0 Å². The van der Waals surface area contributed by atoms with Gasteiger partial charge in [0.25, 0.3) is 0 Å². The van der Waals surface area contributed by atoms with E-state index in [0.29, 0.717) is 28.0 Å². The van der Waals surface area contributed by atoms with Crippen LogP contribution in [0.25, 0.3) is 5.69 Å². The second-order valence-corrected chi connectivity index (χ2v) is 5.47. The quantitative estimate of drug-likeness (QED) is 0.856. The van der Waals surface area contributed by atoms with Crippen LogP contribution < -0.4 is 10.4 Å². The Kier molecular flexibility index (Phi) is 3.48. The standard InChI is InChI=1S/C13H13Cl2N3O2/c1-20-11-7-10(8(14)6-9(11)15)18-13(19)17-5-3-2-4-12(17)16-18/h6-7H,2-5H2,1H3. The minimum Gasteiger partial charge on any atom is -0.495 e. The van der Waals surface area contributed by atoms with E-state index in [9.17, 15) is 4.79 Å². The summed E-state index contributed by atoms with van der Waals surface area (Å²) in [5, 5.41) is 5.14. The molecule has 0 unspecified atom stereocenters. The third-order valence-electron chi connectivity index (χ3n) is 3.42. The highest BCUT2D eigenvalue weighted by Crippen LogP contribution is 2.32. The summed E-state index contributed by atoms with van der Waals surface area (Å²) in [7, 11) is 1.51. The fraction of sp³-hybridized carbons (Fsp3) is 0.385. The Bertz CT molecular complexity index is 721. The Morgan fingerprint density at radius 3 is 2.75 bits per heavy atom. The SMILES string of the molecule is COc1cc(-n2nc3n(c2=O)CCCC3)c(Cl)cc1Cl. The minimum absolute atomic E-state index is 0.175. The molecule has 0 radical (unpaired) electrons. The molecule has 1 aromatic carbocycles. The minimum atomic E-state index is -0.175. The molecule has 2 heterocycles. The number of rotatable bonds is 2. The molecule has 3 rings (SSSR count). The molecule has 0 amide bonds.